The van der Waals surface area contributed by atoms with Crippen LogP contribution in [0.15, 0.2) is 47.5 Å². The summed E-state index contributed by atoms with van der Waals surface area (Å²) < 4.78 is 0. The minimum Gasteiger partial charge on any atom is -0.477 e. The zero-order valence-corrected chi connectivity index (χ0v) is 16.8. The Morgan fingerprint density at radius 2 is 2.00 bits per heavy atom. The van der Waals surface area contributed by atoms with E-state index in [9.17, 15) is 19.5 Å². The van der Waals surface area contributed by atoms with Gasteiger partial charge in [0.1, 0.15) is 17.1 Å². The maximum Gasteiger partial charge on any atom is 0.352 e. The van der Waals surface area contributed by atoms with Gasteiger partial charge >= 0.3 is 5.97 Å². The molecule has 0 aliphatic carbocycles. The largest absolute Gasteiger partial charge is 0.477 e. The number of carbonyl (C=O) groups is 3. The molecule has 2 aliphatic rings. The molecule has 0 bridgehead atoms. The van der Waals surface area contributed by atoms with Gasteiger partial charge in [-0.05, 0) is 29.1 Å². The van der Waals surface area contributed by atoms with Gasteiger partial charge in [0.05, 0.1) is 6.42 Å². The van der Waals surface area contributed by atoms with E-state index < -0.39 is 23.3 Å². The molecule has 28 heavy (non-hydrogen) atoms. The molecule has 1 aromatic heterocycles. The van der Waals surface area contributed by atoms with E-state index in [0.717, 1.165) is 4.88 Å². The number of carboxylic acid groups (broad SMARTS) is 1. The molecule has 2 N–H and O–H groups in total. The Bertz CT molecular complexity index is 972. The molecule has 144 valence electrons. The Morgan fingerprint density at radius 3 is 2.64 bits per heavy atom. The number of nitrogens with zero attached hydrogens (tertiary/aromatic N) is 1. The second-order valence-corrected chi connectivity index (χ2v) is 8.92. The highest BCUT2D eigenvalue weighted by Crippen LogP contribution is 2.43. The fourth-order valence-corrected chi connectivity index (χ4v) is 5.49. The number of amides is 2. The van der Waals surface area contributed by atoms with Gasteiger partial charge in [0.15, 0.2) is 0 Å². The third kappa shape index (κ3) is 3.43. The molecule has 6 nitrogen and oxygen atoms in total. The van der Waals surface area contributed by atoms with Crippen LogP contribution in [-0.2, 0) is 20.8 Å². The quantitative estimate of drug-likeness (QED) is 0.706. The lowest BCUT2D eigenvalue weighted by molar-refractivity contribution is -0.150. The van der Waals surface area contributed by atoms with Gasteiger partial charge in [0.2, 0.25) is 5.91 Å². The predicted octanol–water partition coefficient (Wildman–Crippen LogP) is 2.84. The first kappa shape index (κ1) is 19.0. The molecular formula is C19H15ClN2O4S2. The van der Waals surface area contributed by atoms with Crippen LogP contribution in [0.4, 0.5) is 0 Å². The fraction of sp³-hybridized carbons (Fsp3) is 0.211. The molecule has 0 radical (unpaired) electrons. The van der Waals surface area contributed by atoms with Crippen molar-refractivity contribution in [2.75, 3.05) is 5.75 Å². The maximum absolute atomic E-state index is 12.7. The Morgan fingerprint density at radius 1 is 1.25 bits per heavy atom. The number of halogens is 1. The summed E-state index contributed by atoms with van der Waals surface area (Å²) in [6.45, 7) is 0. The van der Waals surface area contributed by atoms with Gasteiger partial charge in [-0.1, -0.05) is 29.8 Å². The van der Waals surface area contributed by atoms with Crippen LogP contribution in [0, 0.1) is 0 Å². The van der Waals surface area contributed by atoms with Gasteiger partial charge < -0.3 is 10.4 Å². The summed E-state index contributed by atoms with van der Waals surface area (Å²) in [5.74, 6) is -1.38. The summed E-state index contributed by atoms with van der Waals surface area (Å²) >= 11 is 8.83. The van der Waals surface area contributed by atoms with Crippen molar-refractivity contribution in [3.05, 3.63) is 62.9 Å². The number of thioether (sulfide) groups is 1. The van der Waals surface area contributed by atoms with E-state index in [1.807, 2.05) is 17.5 Å². The first-order chi connectivity index (χ1) is 13.5. The average Bonchev–Trinajstić information content (AvgIpc) is 3.18. The molecule has 2 aromatic rings. The number of carbonyl (C=O) groups excluding carboxylic acids is 2. The summed E-state index contributed by atoms with van der Waals surface area (Å²) in [7, 11) is 0. The number of hydrogen-bond donors (Lipinski definition) is 2. The number of fused-ring (bicyclic) bond motifs is 1. The normalized spacial score (nSPS) is 21.2. The van der Waals surface area contributed by atoms with E-state index in [1.54, 1.807) is 24.3 Å². The van der Waals surface area contributed by atoms with Crippen molar-refractivity contribution in [3.63, 3.8) is 0 Å². The van der Waals surface area contributed by atoms with Gasteiger partial charge in [-0.3, -0.25) is 14.5 Å². The molecule has 2 amide bonds. The third-order valence-electron chi connectivity index (χ3n) is 4.59. The molecular weight excluding hydrogens is 420 g/mol. The Hall–Kier alpha value is -2.29. The van der Waals surface area contributed by atoms with Crippen LogP contribution in [-0.4, -0.2) is 45.0 Å². The van der Waals surface area contributed by atoms with Crippen LogP contribution in [0.25, 0.3) is 5.57 Å². The zero-order valence-electron chi connectivity index (χ0n) is 14.4. The van der Waals surface area contributed by atoms with Gasteiger partial charge in [-0.25, -0.2) is 4.79 Å². The summed E-state index contributed by atoms with van der Waals surface area (Å²) in [6.07, 6.45) is 0.205. The van der Waals surface area contributed by atoms with Crippen LogP contribution in [0.2, 0.25) is 5.02 Å². The molecule has 1 fully saturated rings. The molecule has 2 aliphatic heterocycles. The van der Waals surface area contributed by atoms with Crippen molar-refractivity contribution >= 4 is 58.1 Å². The number of β-lactam (4-membered cyclic amide) rings is 1. The van der Waals surface area contributed by atoms with Gasteiger partial charge in [0.25, 0.3) is 5.91 Å². The molecule has 0 spiro atoms. The van der Waals surface area contributed by atoms with E-state index in [4.69, 9.17) is 11.6 Å². The minimum absolute atomic E-state index is 0.0279. The number of hydrogen-bond acceptors (Lipinski definition) is 5. The van der Waals surface area contributed by atoms with Crippen molar-refractivity contribution in [1.29, 1.82) is 0 Å². The first-order valence-electron chi connectivity index (χ1n) is 8.44. The Balaban J connectivity index is 1.54. The van der Waals surface area contributed by atoms with Crippen LogP contribution in [0.1, 0.15) is 10.4 Å². The summed E-state index contributed by atoms with van der Waals surface area (Å²) in [5, 5.41) is 14.5. The van der Waals surface area contributed by atoms with E-state index in [2.05, 4.69) is 5.32 Å². The van der Waals surface area contributed by atoms with Crippen LogP contribution in [0.3, 0.4) is 0 Å². The fourth-order valence-electron chi connectivity index (χ4n) is 3.29. The van der Waals surface area contributed by atoms with Crippen LogP contribution < -0.4 is 5.32 Å². The average molecular weight is 435 g/mol. The van der Waals surface area contributed by atoms with E-state index in [1.165, 1.54) is 28.0 Å². The molecule has 3 heterocycles. The zero-order chi connectivity index (χ0) is 19.8. The maximum atomic E-state index is 12.7. The first-order valence-corrected chi connectivity index (χ1v) is 10.7. The number of aliphatic carboxylic acids is 1. The van der Waals surface area contributed by atoms with E-state index in [0.29, 0.717) is 21.9 Å². The molecule has 4 rings (SSSR count). The van der Waals surface area contributed by atoms with Gasteiger partial charge in [-0.2, -0.15) is 0 Å². The monoisotopic (exact) mass is 434 g/mol. The molecule has 2 atom stereocenters. The van der Waals surface area contributed by atoms with Gasteiger partial charge in [-0.15, -0.1) is 23.1 Å². The lowest BCUT2D eigenvalue weighted by Crippen LogP contribution is -2.70. The van der Waals surface area contributed by atoms with Crippen LogP contribution >= 0.6 is 34.7 Å². The number of thiophene rings is 1. The van der Waals surface area contributed by atoms with E-state index in [-0.39, 0.29) is 18.0 Å². The second-order valence-electron chi connectivity index (χ2n) is 6.35. The molecule has 0 unspecified atom stereocenters. The van der Waals surface area contributed by atoms with Crippen LogP contribution in [0.5, 0.6) is 0 Å². The highest BCUT2D eigenvalue weighted by molar-refractivity contribution is 8.00. The molecule has 0 saturated carbocycles. The number of rotatable bonds is 5. The standard InChI is InChI=1S/C19H15ClN2O4S2/c20-11-5-3-10(4-6-11)13-9-28-18-15(17(24)22(18)16(13)19(25)26)21-14(23)8-12-2-1-7-27-12/h1-7,15,18H,8-9H2,(H,21,23)(H,25,26)/t15-,18+/m1/s1. The van der Waals surface area contributed by atoms with Gasteiger partial charge in [0, 0.05) is 21.2 Å². The number of benzene rings is 1. The minimum atomic E-state index is -1.16. The highest BCUT2D eigenvalue weighted by atomic mass is 35.5. The SMILES string of the molecule is O=C(Cc1cccs1)N[C@@H]1C(=O)N2C(C(=O)O)=C(c3ccc(Cl)cc3)CS[C@@H]12. The van der Waals surface area contributed by atoms with Crippen molar-refractivity contribution in [2.24, 2.45) is 0 Å². The highest BCUT2D eigenvalue weighted by Gasteiger charge is 2.54. The lowest BCUT2D eigenvalue weighted by atomic mass is 9.99. The topological polar surface area (TPSA) is 86.7 Å². The molecule has 1 aromatic carbocycles. The van der Waals surface area contributed by atoms with Crippen molar-refractivity contribution in [1.82, 2.24) is 10.2 Å². The number of carboxylic acids is 1. The van der Waals surface area contributed by atoms with Crippen molar-refractivity contribution in [3.8, 4) is 0 Å². The number of nitrogens with one attached hydrogen (secondary N) is 1. The Labute approximate surface area is 174 Å². The third-order valence-corrected chi connectivity index (χ3v) is 7.00. The molecule has 9 heteroatoms. The van der Waals surface area contributed by atoms with Crippen molar-refractivity contribution in [2.45, 2.75) is 17.8 Å². The predicted molar refractivity (Wildman–Crippen MR) is 109 cm³/mol. The smallest absolute Gasteiger partial charge is 0.352 e. The summed E-state index contributed by atoms with van der Waals surface area (Å²) in [5.41, 5.74) is 1.26. The molecule has 1 saturated heterocycles. The summed E-state index contributed by atoms with van der Waals surface area (Å²) in [4.78, 5) is 39.0. The van der Waals surface area contributed by atoms with Crippen molar-refractivity contribution < 1.29 is 19.5 Å². The van der Waals surface area contributed by atoms with E-state index >= 15 is 0 Å². The second kappa shape index (κ2) is 7.62. The summed E-state index contributed by atoms with van der Waals surface area (Å²) in [6, 6.07) is 9.87. The Kier molecular flexibility index (Phi) is 5.18. The lowest BCUT2D eigenvalue weighted by Gasteiger charge is -2.49.